The first kappa shape index (κ1) is 63.4. The van der Waals surface area contributed by atoms with Gasteiger partial charge in [-0.1, -0.05) is 249 Å². The van der Waals surface area contributed by atoms with E-state index in [1.807, 2.05) is 6.08 Å². The van der Waals surface area contributed by atoms with Crippen LogP contribution in [-0.4, -0.2) is 87.5 Å². The van der Waals surface area contributed by atoms with E-state index in [-0.39, 0.29) is 12.5 Å². The van der Waals surface area contributed by atoms with E-state index in [4.69, 9.17) is 9.47 Å². The Labute approximate surface area is 412 Å². The third-order valence-electron chi connectivity index (χ3n) is 13.7. The first-order chi connectivity index (χ1) is 32.8. The van der Waals surface area contributed by atoms with Gasteiger partial charge in [0.1, 0.15) is 24.4 Å². The second-order valence-electron chi connectivity index (χ2n) is 20.1. The van der Waals surface area contributed by atoms with Crippen LogP contribution in [0.15, 0.2) is 36.5 Å². The van der Waals surface area contributed by atoms with Gasteiger partial charge in [0.25, 0.3) is 0 Å². The number of allylic oxidation sites excluding steroid dienone is 5. The van der Waals surface area contributed by atoms with Gasteiger partial charge in [0, 0.05) is 6.42 Å². The maximum atomic E-state index is 13.0. The second kappa shape index (κ2) is 48.1. The highest BCUT2D eigenvalue weighted by Gasteiger charge is 2.44. The molecule has 1 aliphatic heterocycles. The zero-order valence-electron chi connectivity index (χ0n) is 43.7. The second-order valence-corrected chi connectivity index (χ2v) is 20.1. The third kappa shape index (κ3) is 37.9. The van der Waals surface area contributed by atoms with Gasteiger partial charge in [-0.3, -0.25) is 4.79 Å². The number of unbranched alkanes of at least 4 members (excludes halogenated alkanes) is 35. The van der Waals surface area contributed by atoms with Crippen molar-refractivity contribution < 1.29 is 39.8 Å². The van der Waals surface area contributed by atoms with E-state index in [0.29, 0.717) is 6.42 Å². The van der Waals surface area contributed by atoms with Crippen molar-refractivity contribution in [2.45, 2.75) is 314 Å². The van der Waals surface area contributed by atoms with Crippen LogP contribution in [-0.2, 0) is 14.3 Å². The SMILES string of the molecule is CCCCCCC/C=C\C/C=C\CCCCCCCCCCCCCCCCCCCCCC(=O)NC(COC1OC(CO)C(O)C(O)C1O)C(O)/C=C/CCCCCCCCCCCCC. The summed E-state index contributed by atoms with van der Waals surface area (Å²) in [5.74, 6) is -0.174. The molecule has 0 aromatic heterocycles. The fourth-order valence-corrected chi connectivity index (χ4v) is 9.13. The number of carbonyl (C=O) groups is 1. The highest BCUT2D eigenvalue weighted by atomic mass is 16.7. The van der Waals surface area contributed by atoms with E-state index in [1.165, 1.54) is 205 Å². The fourth-order valence-electron chi connectivity index (χ4n) is 9.13. The zero-order valence-corrected chi connectivity index (χ0v) is 43.7. The average Bonchev–Trinajstić information content (AvgIpc) is 3.33. The van der Waals surface area contributed by atoms with E-state index in [1.54, 1.807) is 6.08 Å². The number of carbonyl (C=O) groups excluding carboxylic acids is 1. The van der Waals surface area contributed by atoms with E-state index in [2.05, 4.69) is 43.5 Å². The van der Waals surface area contributed by atoms with Gasteiger partial charge < -0.3 is 40.3 Å². The van der Waals surface area contributed by atoms with E-state index in [9.17, 15) is 30.3 Å². The van der Waals surface area contributed by atoms with Gasteiger partial charge in [0.15, 0.2) is 6.29 Å². The molecular formula is C58H109NO8. The maximum Gasteiger partial charge on any atom is 0.220 e. The van der Waals surface area contributed by atoms with Crippen molar-refractivity contribution in [2.75, 3.05) is 13.2 Å². The first-order valence-electron chi connectivity index (χ1n) is 28.7. The number of aliphatic hydroxyl groups is 5. The standard InChI is InChI=1S/C58H109NO8/c1-3-5-7-9-11-13-15-17-18-19-20-21-22-23-24-25-26-27-28-29-30-31-32-33-34-36-38-40-42-44-46-48-54(62)59-51(50-66-58-57(65)56(64)55(63)53(49-60)67-58)52(61)47-45-43-41-39-37-35-16-14-12-10-8-6-4-2/h15,17,19-20,45,47,51-53,55-58,60-61,63-65H,3-14,16,18,21-44,46,48-50H2,1-2H3,(H,59,62)/b17-15-,20-19-,47-45+. The van der Waals surface area contributed by atoms with Gasteiger partial charge in [-0.2, -0.15) is 0 Å². The summed E-state index contributed by atoms with van der Waals surface area (Å²) in [6.45, 7) is 3.78. The molecule has 1 rings (SSSR count). The van der Waals surface area contributed by atoms with Crippen molar-refractivity contribution in [3.63, 3.8) is 0 Å². The molecule has 9 nitrogen and oxygen atoms in total. The molecule has 1 saturated heterocycles. The van der Waals surface area contributed by atoms with Gasteiger partial charge >= 0.3 is 0 Å². The highest BCUT2D eigenvalue weighted by molar-refractivity contribution is 5.76. The molecule has 0 aromatic carbocycles. The van der Waals surface area contributed by atoms with E-state index in [0.717, 1.165) is 44.9 Å². The Morgan fingerprint density at radius 2 is 0.881 bits per heavy atom. The molecular weight excluding hydrogens is 839 g/mol. The lowest BCUT2D eigenvalue weighted by atomic mass is 9.99. The molecule has 0 aromatic rings. The molecule has 0 bridgehead atoms. The molecule has 0 spiro atoms. The number of hydrogen-bond acceptors (Lipinski definition) is 8. The largest absolute Gasteiger partial charge is 0.394 e. The van der Waals surface area contributed by atoms with Crippen LogP contribution >= 0.6 is 0 Å². The van der Waals surface area contributed by atoms with Gasteiger partial charge in [-0.05, 0) is 51.4 Å². The van der Waals surface area contributed by atoms with Crippen LogP contribution < -0.4 is 5.32 Å². The molecule has 0 aliphatic carbocycles. The van der Waals surface area contributed by atoms with Crippen molar-refractivity contribution in [2.24, 2.45) is 0 Å². The molecule has 7 atom stereocenters. The fraction of sp³-hybridized carbons (Fsp3) is 0.879. The van der Waals surface area contributed by atoms with Crippen LogP contribution in [0.25, 0.3) is 0 Å². The van der Waals surface area contributed by atoms with Crippen molar-refractivity contribution in [1.29, 1.82) is 0 Å². The lowest BCUT2D eigenvalue weighted by molar-refractivity contribution is -0.302. The number of aliphatic hydroxyl groups excluding tert-OH is 5. The van der Waals surface area contributed by atoms with Crippen molar-refractivity contribution in [3.05, 3.63) is 36.5 Å². The average molecular weight is 949 g/mol. The minimum atomic E-state index is -1.56. The van der Waals surface area contributed by atoms with Gasteiger partial charge in [0.05, 0.1) is 25.4 Å². The Balaban J connectivity index is 2.13. The minimum absolute atomic E-state index is 0.174. The number of hydrogen-bond donors (Lipinski definition) is 6. The van der Waals surface area contributed by atoms with Crippen molar-refractivity contribution in [1.82, 2.24) is 5.32 Å². The number of amides is 1. The van der Waals surface area contributed by atoms with E-state index < -0.39 is 49.5 Å². The summed E-state index contributed by atoms with van der Waals surface area (Å²) >= 11 is 0. The Bertz CT molecular complexity index is 1150. The predicted octanol–water partition coefficient (Wildman–Crippen LogP) is 14.0. The van der Waals surface area contributed by atoms with Gasteiger partial charge in [-0.15, -0.1) is 0 Å². The molecule has 9 heteroatoms. The molecule has 7 unspecified atom stereocenters. The van der Waals surface area contributed by atoms with Gasteiger partial charge in [-0.25, -0.2) is 0 Å². The smallest absolute Gasteiger partial charge is 0.220 e. The minimum Gasteiger partial charge on any atom is -0.394 e. The van der Waals surface area contributed by atoms with E-state index >= 15 is 0 Å². The highest BCUT2D eigenvalue weighted by Crippen LogP contribution is 2.23. The molecule has 1 fully saturated rings. The third-order valence-corrected chi connectivity index (χ3v) is 13.7. The number of nitrogens with one attached hydrogen (secondary N) is 1. The van der Waals surface area contributed by atoms with Crippen LogP contribution in [0.3, 0.4) is 0 Å². The Morgan fingerprint density at radius 3 is 1.28 bits per heavy atom. The topological polar surface area (TPSA) is 149 Å². The molecule has 1 heterocycles. The van der Waals surface area contributed by atoms with Crippen molar-refractivity contribution >= 4 is 5.91 Å². The normalized spacial score (nSPS) is 19.9. The molecule has 1 amide bonds. The van der Waals surface area contributed by atoms with Crippen LogP contribution in [0.2, 0.25) is 0 Å². The Morgan fingerprint density at radius 1 is 0.507 bits per heavy atom. The zero-order chi connectivity index (χ0) is 48.7. The first-order valence-corrected chi connectivity index (χ1v) is 28.7. The summed E-state index contributed by atoms with van der Waals surface area (Å²) in [7, 11) is 0. The van der Waals surface area contributed by atoms with Crippen LogP contribution in [0.4, 0.5) is 0 Å². The van der Waals surface area contributed by atoms with Crippen LogP contribution in [0.1, 0.15) is 271 Å². The molecule has 0 radical (unpaired) electrons. The summed E-state index contributed by atoms with van der Waals surface area (Å²) in [4.78, 5) is 13.0. The molecule has 6 N–H and O–H groups in total. The van der Waals surface area contributed by atoms with Crippen LogP contribution in [0.5, 0.6) is 0 Å². The summed E-state index contributed by atoms with van der Waals surface area (Å²) in [5.41, 5.74) is 0. The summed E-state index contributed by atoms with van der Waals surface area (Å²) in [6, 6.07) is -0.802. The number of rotatable bonds is 49. The number of ether oxygens (including phenoxy) is 2. The van der Waals surface area contributed by atoms with Crippen LogP contribution in [0, 0.1) is 0 Å². The lowest BCUT2D eigenvalue weighted by Gasteiger charge is -2.40. The summed E-state index contributed by atoms with van der Waals surface area (Å²) in [5, 5.41) is 54.4. The molecule has 67 heavy (non-hydrogen) atoms. The Kier molecular flexibility index (Phi) is 45.5. The molecule has 0 saturated carbocycles. The summed E-state index contributed by atoms with van der Waals surface area (Å²) in [6.07, 6.45) is 55.1. The summed E-state index contributed by atoms with van der Waals surface area (Å²) < 4.78 is 11.2. The quantitative estimate of drug-likeness (QED) is 0.0261. The predicted molar refractivity (Wildman–Crippen MR) is 281 cm³/mol. The van der Waals surface area contributed by atoms with Crippen molar-refractivity contribution in [3.8, 4) is 0 Å². The Hall–Kier alpha value is -1.59. The monoisotopic (exact) mass is 948 g/mol. The molecule has 394 valence electrons. The maximum absolute atomic E-state index is 13.0. The van der Waals surface area contributed by atoms with Gasteiger partial charge in [0.2, 0.25) is 5.91 Å². The lowest BCUT2D eigenvalue weighted by Crippen LogP contribution is -2.60. The molecule has 1 aliphatic rings.